The minimum absolute atomic E-state index is 0.104. The monoisotopic (exact) mass is 360 g/mol. The van der Waals surface area contributed by atoms with Gasteiger partial charge in [0, 0.05) is 6.08 Å². The molecule has 0 unspecified atom stereocenters. The summed E-state index contributed by atoms with van der Waals surface area (Å²) in [5, 5.41) is 4.03. The van der Waals surface area contributed by atoms with Crippen LogP contribution in [0.5, 0.6) is 0 Å². The van der Waals surface area contributed by atoms with Crippen LogP contribution >= 0.6 is 0 Å². The second-order valence-corrected chi connectivity index (χ2v) is 4.98. The van der Waals surface area contributed by atoms with E-state index in [0.29, 0.717) is 5.56 Å². The Morgan fingerprint density at radius 3 is 2.54 bits per heavy atom. The van der Waals surface area contributed by atoms with Gasteiger partial charge in [-0.25, -0.2) is 18.4 Å². The van der Waals surface area contributed by atoms with Gasteiger partial charge in [0.25, 0.3) is 5.91 Å². The zero-order valence-corrected chi connectivity index (χ0v) is 13.4. The molecule has 26 heavy (non-hydrogen) atoms. The molecule has 0 atom stereocenters. The van der Waals surface area contributed by atoms with Crippen molar-refractivity contribution in [2.75, 3.05) is 11.9 Å². The van der Waals surface area contributed by atoms with E-state index in [1.54, 1.807) is 6.07 Å². The van der Waals surface area contributed by atoms with Gasteiger partial charge in [0.2, 0.25) is 0 Å². The van der Waals surface area contributed by atoms with E-state index in [4.69, 9.17) is 0 Å². The summed E-state index contributed by atoms with van der Waals surface area (Å²) in [6.45, 7) is -0.711. The summed E-state index contributed by atoms with van der Waals surface area (Å²) < 4.78 is 31.0. The maximum atomic E-state index is 13.4. The Morgan fingerprint density at radius 2 is 1.81 bits per heavy atom. The molecule has 0 heterocycles. The zero-order valence-electron chi connectivity index (χ0n) is 13.4. The van der Waals surface area contributed by atoms with Crippen LogP contribution in [0.2, 0.25) is 0 Å². The predicted octanol–water partition coefficient (Wildman–Crippen LogP) is 2.87. The second-order valence-electron chi connectivity index (χ2n) is 4.98. The fourth-order valence-corrected chi connectivity index (χ4v) is 1.84. The summed E-state index contributed by atoms with van der Waals surface area (Å²) >= 11 is 0. The molecule has 134 valence electrons. The van der Waals surface area contributed by atoms with Gasteiger partial charge in [-0.05, 0) is 35.9 Å². The standard InChI is InChI=1S/C18H14F2N2O4/c19-13-5-3-4-12(10-13)8-9-17(24)26-11-16(23)22-18(25)21-15-7-2-1-6-14(15)20/h1-10H,11H2,(H2,21,22,23,25)/b9-8+. The average Bonchev–Trinajstić information content (AvgIpc) is 2.60. The van der Waals surface area contributed by atoms with Gasteiger partial charge in [-0.1, -0.05) is 24.3 Å². The number of para-hydroxylation sites is 1. The lowest BCUT2D eigenvalue weighted by Gasteiger charge is -2.07. The van der Waals surface area contributed by atoms with E-state index in [2.05, 4.69) is 10.1 Å². The minimum Gasteiger partial charge on any atom is -0.452 e. The van der Waals surface area contributed by atoms with Gasteiger partial charge >= 0.3 is 12.0 Å². The molecule has 0 bridgehead atoms. The van der Waals surface area contributed by atoms with Crippen LogP contribution in [0.15, 0.2) is 54.6 Å². The van der Waals surface area contributed by atoms with Crippen molar-refractivity contribution in [1.82, 2.24) is 5.32 Å². The number of esters is 1. The van der Waals surface area contributed by atoms with Gasteiger partial charge in [0.1, 0.15) is 11.6 Å². The number of carbonyl (C=O) groups is 3. The van der Waals surface area contributed by atoms with E-state index in [-0.39, 0.29) is 5.69 Å². The van der Waals surface area contributed by atoms with Crippen LogP contribution in [0.25, 0.3) is 6.08 Å². The summed E-state index contributed by atoms with van der Waals surface area (Å²) in [6.07, 6.45) is 2.33. The van der Waals surface area contributed by atoms with Crippen molar-refractivity contribution in [3.63, 3.8) is 0 Å². The summed E-state index contributed by atoms with van der Waals surface area (Å²) in [4.78, 5) is 34.6. The van der Waals surface area contributed by atoms with E-state index in [1.807, 2.05) is 5.32 Å². The molecule has 0 fully saturated rings. The molecular formula is C18H14F2N2O4. The lowest BCUT2D eigenvalue weighted by Crippen LogP contribution is -2.37. The Balaban J connectivity index is 1.76. The topological polar surface area (TPSA) is 84.5 Å². The number of imide groups is 1. The van der Waals surface area contributed by atoms with Crippen LogP contribution in [-0.2, 0) is 14.3 Å². The van der Waals surface area contributed by atoms with Crippen molar-refractivity contribution in [2.24, 2.45) is 0 Å². The van der Waals surface area contributed by atoms with Crippen LogP contribution in [0.3, 0.4) is 0 Å². The molecule has 0 saturated heterocycles. The zero-order chi connectivity index (χ0) is 18.9. The highest BCUT2D eigenvalue weighted by Crippen LogP contribution is 2.11. The Hall–Kier alpha value is -3.55. The molecule has 0 saturated carbocycles. The van der Waals surface area contributed by atoms with Crippen molar-refractivity contribution in [3.8, 4) is 0 Å². The average molecular weight is 360 g/mol. The third kappa shape index (κ3) is 6.16. The molecule has 0 aliphatic carbocycles. The molecule has 8 heteroatoms. The molecule has 2 N–H and O–H groups in total. The first-order chi connectivity index (χ1) is 12.4. The molecule has 0 aliphatic heterocycles. The van der Waals surface area contributed by atoms with Crippen molar-refractivity contribution in [1.29, 1.82) is 0 Å². The highest BCUT2D eigenvalue weighted by atomic mass is 19.1. The first-order valence-electron chi connectivity index (χ1n) is 7.40. The number of benzene rings is 2. The van der Waals surface area contributed by atoms with Crippen molar-refractivity contribution >= 4 is 29.7 Å². The van der Waals surface area contributed by atoms with Crippen LogP contribution in [-0.4, -0.2) is 24.5 Å². The number of halogens is 2. The van der Waals surface area contributed by atoms with Gasteiger partial charge in [0.15, 0.2) is 6.61 Å². The summed E-state index contributed by atoms with van der Waals surface area (Å²) in [5.74, 6) is -2.87. The van der Waals surface area contributed by atoms with Gasteiger partial charge in [0.05, 0.1) is 5.69 Å². The fraction of sp³-hybridized carbons (Fsp3) is 0.0556. The highest BCUT2D eigenvalue weighted by molar-refractivity contribution is 6.02. The van der Waals surface area contributed by atoms with E-state index >= 15 is 0 Å². The number of urea groups is 1. The Kier molecular flexibility index (Phi) is 6.55. The SMILES string of the molecule is O=C(COC(=O)/C=C/c1cccc(F)c1)NC(=O)Nc1ccccc1F. The van der Waals surface area contributed by atoms with Crippen molar-refractivity contribution < 1.29 is 27.9 Å². The highest BCUT2D eigenvalue weighted by Gasteiger charge is 2.11. The lowest BCUT2D eigenvalue weighted by molar-refractivity contribution is -0.143. The van der Waals surface area contributed by atoms with Crippen LogP contribution < -0.4 is 10.6 Å². The molecule has 6 nitrogen and oxygen atoms in total. The number of rotatable bonds is 5. The van der Waals surface area contributed by atoms with Gasteiger partial charge in [-0.3, -0.25) is 10.1 Å². The third-order valence-electron chi connectivity index (χ3n) is 2.98. The van der Waals surface area contributed by atoms with Crippen molar-refractivity contribution in [2.45, 2.75) is 0 Å². The maximum Gasteiger partial charge on any atom is 0.331 e. The molecule has 0 aromatic heterocycles. The number of hydrogen-bond donors (Lipinski definition) is 2. The third-order valence-corrected chi connectivity index (χ3v) is 2.98. The first-order valence-corrected chi connectivity index (χ1v) is 7.40. The molecule has 2 aromatic rings. The van der Waals surface area contributed by atoms with Gasteiger partial charge in [-0.2, -0.15) is 0 Å². The fourth-order valence-electron chi connectivity index (χ4n) is 1.84. The van der Waals surface area contributed by atoms with E-state index < -0.39 is 36.1 Å². The minimum atomic E-state index is -0.966. The Labute approximate surface area is 147 Å². The molecule has 3 amide bonds. The van der Waals surface area contributed by atoms with E-state index in [0.717, 1.165) is 12.1 Å². The molecule has 0 spiro atoms. The molecular weight excluding hydrogens is 346 g/mol. The maximum absolute atomic E-state index is 13.4. The summed E-state index contributed by atoms with van der Waals surface area (Å²) in [6, 6.07) is 9.96. The number of hydrogen-bond acceptors (Lipinski definition) is 4. The summed E-state index contributed by atoms with van der Waals surface area (Å²) in [5.41, 5.74) is 0.337. The van der Waals surface area contributed by atoms with E-state index in [9.17, 15) is 23.2 Å². The van der Waals surface area contributed by atoms with Gasteiger partial charge < -0.3 is 10.1 Å². The normalized spacial score (nSPS) is 10.4. The smallest absolute Gasteiger partial charge is 0.331 e. The molecule has 2 aromatic carbocycles. The summed E-state index contributed by atoms with van der Waals surface area (Å²) in [7, 11) is 0. The van der Waals surface area contributed by atoms with Crippen molar-refractivity contribution in [3.05, 3.63) is 71.8 Å². The van der Waals surface area contributed by atoms with E-state index in [1.165, 1.54) is 42.5 Å². The van der Waals surface area contributed by atoms with Gasteiger partial charge in [-0.15, -0.1) is 0 Å². The van der Waals surface area contributed by atoms with Crippen LogP contribution in [0.1, 0.15) is 5.56 Å². The Morgan fingerprint density at radius 1 is 1.04 bits per heavy atom. The van der Waals surface area contributed by atoms with Crippen LogP contribution in [0.4, 0.5) is 19.3 Å². The molecule has 0 aliphatic rings. The molecule has 2 rings (SSSR count). The number of amides is 3. The first kappa shape index (κ1) is 18.8. The molecule has 0 radical (unpaired) electrons. The quantitative estimate of drug-likeness (QED) is 0.634. The second kappa shape index (κ2) is 9.07. The Bertz CT molecular complexity index is 853. The largest absolute Gasteiger partial charge is 0.452 e. The number of anilines is 1. The predicted molar refractivity (Wildman–Crippen MR) is 90.0 cm³/mol. The number of carbonyl (C=O) groups excluding carboxylic acids is 3. The van der Waals surface area contributed by atoms with Crippen LogP contribution in [0, 0.1) is 11.6 Å². The lowest BCUT2D eigenvalue weighted by atomic mass is 10.2. The number of ether oxygens (including phenoxy) is 1. The number of nitrogens with one attached hydrogen (secondary N) is 2.